The first-order valence-electron chi connectivity index (χ1n) is 12.8. The fourth-order valence-electron chi connectivity index (χ4n) is 8.08. The van der Waals surface area contributed by atoms with Gasteiger partial charge in [0, 0.05) is 5.92 Å². The van der Waals surface area contributed by atoms with Gasteiger partial charge in [0.2, 0.25) is 0 Å². The third kappa shape index (κ3) is 3.68. The minimum absolute atomic E-state index is 0.0362. The van der Waals surface area contributed by atoms with Gasteiger partial charge in [-0.3, -0.25) is 4.79 Å². The predicted molar refractivity (Wildman–Crippen MR) is 125 cm³/mol. The highest BCUT2D eigenvalue weighted by atomic mass is 16.3. The van der Waals surface area contributed by atoms with Crippen LogP contribution in [0, 0.1) is 46.3 Å². The van der Waals surface area contributed by atoms with Gasteiger partial charge in [0.15, 0.2) is 5.78 Å². The highest BCUT2D eigenvalue weighted by Gasteiger charge is 2.59. The van der Waals surface area contributed by atoms with Crippen molar-refractivity contribution in [1.29, 1.82) is 0 Å². The van der Waals surface area contributed by atoms with E-state index >= 15 is 0 Å². The average Bonchev–Trinajstić information content (AvgIpc) is 3.06. The van der Waals surface area contributed by atoms with Crippen molar-refractivity contribution in [2.45, 2.75) is 98.7 Å². The number of aliphatic hydroxyl groups is 2. The van der Waals surface area contributed by atoms with Gasteiger partial charge in [0.1, 0.15) is 0 Å². The lowest BCUT2D eigenvalue weighted by Gasteiger charge is -2.58. The van der Waals surface area contributed by atoms with Crippen molar-refractivity contribution in [3.63, 3.8) is 0 Å². The van der Waals surface area contributed by atoms with Crippen LogP contribution in [0.5, 0.6) is 0 Å². The third-order valence-corrected chi connectivity index (χ3v) is 10.4. The van der Waals surface area contributed by atoms with Gasteiger partial charge in [-0.25, -0.2) is 0 Å². The molecule has 0 amide bonds. The Hall–Kier alpha value is -0.930. The van der Waals surface area contributed by atoms with Crippen LogP contribution >= 0.6 is 0 Å². The predicted octanol–water partition coefficient (Wildman–Crippen LogP) is 5.70. The van der Waals surface area contributed by atoms with E-state index in [4.69, 9.17) is 0 Å². The average molecular weight is 429 g/mol. The van der Waals surface area contributed by atoms with Gasteiger partial charge in [0.25, 0.3) is 0 Å². The molecule has 0 radical (unpaired) electrons. The van der Waals surface area contributed by atoms with Gasteiger partial charge in [-0.1, -0.05) is 51.8 Å². The van der Waals surface area contributed by atoms with Crippen molar-refractivity contribution < 1.29 is 15.0 Å². The molecule has 2 N–H and O–H groups in total. The van der Waals surface area contributed by atoms with E-state index < -0.39 is 0 Å². The number of hydrogen-bond donors (Lipinski definition) is 2. The molecule has 31 heavy (non-hydrogen) atoms. The van der Waals surface area contributed by atoms with Gasteiger partial charge in [0.05, 0.1) is 12.2 Å². The first-order chi connectivity index (χ1) is 14.5. The number of carbonyl (C=O) groups is 1. The van der Waals surface area contributed by atoms with Crippen LogP contribution in [0.1, 0.15) is 86.5 Å². The van der Waals surface area contributed by atoms with E-state index in [9.17, 15) is 15.0 Å². The number of fused-ring (bicyclic) bond motifs is 5. The van der Waals surface area contributed by atoms with Gasteiger partial charge < -0.3 is 10.2 Å². The Balaban J connectivity index is 1.62. The molecular formula is C28H44O3. The molecule has 0 aliphatic heterocycles. The number of allylic oxidation sites excluding steroid dienone is 4. The van der Waals surface area contributed by atoms with Crippen LogP contribution in [0.25, 0.3) is 0 Å². The summed E-state index contributed by atoms with van der Waals surface area (Å²) in [6.45, 7) is 13.3. The van der Waals surface area contributed by atoms with Crippen molar-refractivity contribution in [2.75, 3.05) is 0 Å². The van der Waals surface area contributed by atoms with Crippen LogP contribution in [-0.2, 0) is 4.79 Å². The molecule has 0 aromatic carbocycles. The fourth-order valence-corrected chi connectivity index (χ4v) is 8.08. The van der Waals surface area contributed by atoms with Crippen molar-refractivity contribution >= 4 is 5.78 Å². The fraction of sp³-hybridized carbons (Fsp3) is 0.821. The molecule has 174 valence electrons. The highest BCUT2D eigenvalue weighted by Crippen LogP contribution is 2.66. The summed E-state index contributed by atoms with van der Waals surface area (Å²) in [5.74, 6) is 2.40. The Bertz CT molecular complexity index is 779. The molecule has 4 aliphatic carbocycles. The topological polar surface area (TPSA) is 57.5 Å². The van der Waals surface area contributed by atoms with E-state index in [0.29, 0.717) is 23.7 Å². The quantitative estimate of drug-likeness (QED) is 0.446. The molecule has 3 heteroatoms. The Morgan fingerprint density at radius 3 is 2.48 bits per heavy atom. The van der Waals surface area contributed by atoms with E-state index in [-0.39, 0.29) is 40.7 Å². The largest absolute Gasteiger partial charge is 0.393 e. The molecule has 0 saturated heterocycles. The smallest absolute Gasteiger partial charge is 0.158 e. The molecule has 0 spiro atoms. The molecule has 0 bridgehead atoms. The van der Waals surface area contributed by atoms with Crippen molar-refractivity contribution in [2.24, 2.45) is 46.3 Å². The normalized spacial score (nSPS) is 46.1. The Morgan fingerprint density at radius 1 is 1.10 bits per heavy atom. The second-order valence-corrected chi connectivity index (χ2v) is 12.3. The molecule has 4 aliphatic rings. The molecule has 0 aromatic rings. The summed E-state index contributed by atoms with van der Waals surface area (Å²) in [5.41, 5.74) is 3.06. The van der Waals surface area contributed by atoms with E-state index in [1.807, 2.05) is 13.0 Å². The molecule has 3 nitrogen and oxygen atoms in total. The first-order valence-corrected chi connectivity index (χ1v) is 12.8. The number of rotatable bonds is 4. The van der Waals surface area contributed by atoms with E-state index in [1.165, 1.54) is 12.0 Å². The SMILES string of the molecule is C/C(=C/C(=O)C(C)C(C)C)C1CCC2C3C[C@H](O)C4C[C@@H](O)CC[C@]4(C)C3=CC[C@]12C. The highest BCUT2D eigenvalue weighted by molar-refractivity contribution is 5.92. The zero-order valence-electron chi connectivity index (χ0n) is 20.5. The molecule has 5 unspecified atom stereocenters. The number of hydrogen-bond acceptors (Lipinski definition) is 3. The zero-order valence-corrected chi connectivity index (χ0v) is 20.5. The van der Waals surface area contributed by atoms with E-state index in [1.54, 1.807) is 5.57 Å². The molecule has 0 heterocycles. The molecule has 4 rings (SSSR count). The van der Waals surface area contributed by atoms with Crippen LogP contribution in [0.3, 0.4) is 0 Å². The first kappa shape index (κ1) is 23.2. The molecule has 9 atom stereocenters. The Morgan fingerprint density at radius 2 is 1.81 bits per heavy atom. The Kier molecular flexibility index (Phi) is 6.10. The lowest BCUT2D eigenvalue weighted by atomic mass is 9.48. The molecule has 3 fully saturated rings. The van der Waals surface area contributed by atoms with Crippen LogP contribution in [0.4, 0.5) is 0 Å². The maximum atomic E-state index is 12.8. The summed E-state index contributed by atoms with van der Waals surface area (Å²) in [7, 11) is 0. The maximum Gasteiger partial charge on any atom is 0.158 e. The van der Waals surface area contributed by atoms with Gasteiger partial charge in [-0.05, 0) is 98.4 Å². The van der Waals surface area contributed by atoms with Crippen molar-refractivity contribution in [3.8, 4) is 0 Å². The van der Waals surface area contributed by atoms with Crippen LogP contribution < -0.4 is 0 Å². The van der Waals surface area contributed by atoms with Gasteiger partial charge in [-0.2, -0.15) is 0 Å². The molecule has 3 saturated carbocycles. The summed E-state index contributed by atoms with van der Waals surface area (Å²) >= 11 is 0. The standard InChI is InChI=1S/C28H44O3/c1-16(2)18(4)25(30)13-17(3)21-7-8-22-20-15-26(31)24-14-19(29)9-11-28(24,6)23(20)10-12-27(21,22)5/h10,13,16,18-22,24,26,29,31H,7-9,11-12,14-15H2,1-6H3/b17-13-/t18?,19-,20?,21?,22?,24?,26-,27+,28+/m0/s1. The summed E-state index contributed by atoms with van der Waals surface area (Å²) in [4.78, 5) is 12.8. The zero-order chi connectivity index (χ0) is 22.7. The minimum Gasteiger partial charge on any atom is -0.393 e. The minimum atomic E-state index is -0.311. The number of aliphatic hydroxyl groups excluding tert-OH is 2. The van der Waals surface area contributed by atoms with E-state index in [2.05, 4.69) is 40.7 Å². The van der Waals surface area contributed by atoms with Crippen molar-refractivity contribution in [1.82, 2.24) is 0 Å². The molecule has 0 aromatic heterocycles. The summed E-state index contributed by atoms with van der Waals surface area (Å²) in [6, 6.07) is 0. The van der Waals surface area contributed by atoms with Crippen LogP contribution in [0.15, 0.2) is 23.3 Å². The second-order valence-electron chi connectivity index (χ2n) is 12.3. The lowest BCUT2D eigenvalue weighted by molar-refractivity contribution is -0.118. The number of ketones is 1. The third-order valence-electron chi connectivity index (χ3n) is 10.4. The van der Waals surface area contributed by atoms with Gasteiger partial charge in [-0.15, -0.1) is 0 Å². The number of carbonyl (C=O) groups excluding carboxylic acids is 1. The monoisotopic (exact) mass is 428 g/mol. The second kappa shape index (κ2) is 8.13. The van der Waals surface area contributed by atoms with E-state index in [0.717, 1.165) is 38.5 Å². The Labute approximate surface area is 189 Å². The van der Waals surface area contributed by atoms with Crippen LogP contribution in [-0.4, -0.2) is 28.2 Å². The summed E-state index contributed by atoms with van der Waals surface area (Å²) in [5, 5.41) is 21.4. The van der Waals surface area contributed by atoms with Gasteiger partial charge >= 0.3 is 0 Å². The van der Waals surface area contributed by atoms with Crippen LogP contribution in [0.2, 0.25) is 0 Å². The summed E-state index contributed by atoms with van der Waals surface area (Å²) < 4.78 is 0. The maximum absolute atomic E-state index is 12.8. The lowest BCUT2D eigenvalue weighted by Crippen LogP contribution is -2.53. The van der Waals surface area contributed by atoms with Crippen molar-refractivity contribution in [3.05, 3.63) is 23.3 Å². The summed E-state index contributed by atoms with van der Waals surface area (Å²) in [6.07, 6.45) is 10.8. The molecular weight excluding hydrogens is 384 g/mol.